The van der Waals surface area contributed by atoms with Crippen molar-refractivity contribution in [3.8, 4) is 11.5 Å². The van der Waals surface area contributed by atoms with E-state index >= 15 is 0 Å². The lowest BCUT2D eigenvalue weighted by atomic mass is 10.2. The molecule has 3 aromatic rings. The Morgan fingerprint density at radius 3 is 2.76 bits per heavy atom. The van der Waals surface area contributed by atoms with Gasteiger partial charge in [-0.1, -0.05) is 0 Å². The number of hydrogen-bond donors (Lipinski definition) is 1. The summed E-state index contributed by atoms with van der Waals surface area (Å²) in [4.78, 5) is 29.9. The van der Waals surface area contributed by atoms with E-state index in [4.69, 9.17) is 13.9 Å². The summed E-state index contributed by atoms with van der Waals surface area (Å²) in [6, 6.07) is 3.24. The molecular formula is C17H14N2O6. The topological polar surface area (TPSA) is 112 Å². The first kappa shape index (κ1) is 16.4. The van der Waals surface area contributed by atoms with E-state index in [-0.39, 0.29) is 30.5 Å². The van der Waals surface area contributed by atoms with Crippen LogP contribution in [-0.2, 0) is 4.74 Å². The van der Waals surface area contributed by atoms with E-state index in [0.717, 1.165) is 0 Å². The second-order valence-electron chi connectivity index (χ2n) is 4.96. The van der Waals surface area contributed by atoms with Crippen LogP contribution in [0.4, 0.5) is 0 Å². The van der Waals surface area contributed by atoms with Gasteiger partial charge >= 0.3 is 5.97 Å². The number of aromatic hydroxyl groups is 1. The van der Waals surface area contributed by atoms with E-state index in [9.17, 15) is 14.7 Å². The van der Waals surface area contributed by atoms with Crippen molar-refractivity contribution in [3.05, 3.63) is 48.2 Å². The van der Waals surface area contributed by atoms with Gasteiger partial charge in [0.2, 0.25) is 5.78 Å². The molecule has 0 bridgehead atoms. The van der Waals surface area contributed by atoms with Gasteiger partial charge in [0, 0.05) is 12.4 Å². The fraction of sp³-hybridized carbons (Fsp3) is 0.176. The molecule has 0 amide bonds. The van der Waals surface area contributed by atoms with Gasteiger partial charge in [-0.05, 0) is 19.1 Å². The summed E-state index contributed by atoms with van der Waals surface area (Å²) < 4.78 is 14.8. The molecule has 0 atom stereocenters. The molecule has 0 saturated carbocycles. The molecule has 3 aromatic heterocycles. The maximum Gasteiger partial charge on any atom is 0.378 e. The van der Waals surface area contributed by atoms with Crippen LogP contribution < -0.4 is 4.74 Å². The number of hydrogen-bond acceptors (Lipinski definition) is 8. The van der Waals surface area contributed by atoms with Crippen molar-refractivity contribution in [2.45, 2.75) is 6.92 Å². The SMILES string of the molecule is CCOC(=O)c1oc2cnccc2c1O.O=C1COc2cnccc21. The number of carbonyl (C=O) groups excluding carboxylic acids is 2. The third-order valence-corrected chi connectivity index (χ3v) is 3.37. The molecule has 0 unspecified atom stereocenters. The van der Waals surface area contributed by atoms with Crippen molar-refractivity contribution >= 4 is 22.7 Å². The minimum atomic E-state index is -0.675. The first-order valence-electron chi connectivity index (χ1n) is 7.44. The van der Waals surface area contributed by atoms with Crippen molar-refractivity contribution in [2.75, 3.05) is 13.2 Å². The van der Waals surface area contributed by atoms with Crippen molar-refractivity contribution in [1.29, 1.82) is 0 Å². The Morgan fingerprint density at radius 2 is 2.04 bits per heavy atom. The molecule has 0 aromatic carbocycles. The smallest absolute Gasteiger partial charge is 0.378 e. The molecule has 0 radical (unpaired) electrons. The van der Waals surface area contributed by atoms with Crippen LogP contribution in [0.2, 0.25) is 0 Å². The molecule has 1 aliphatic heterocycles. The second-order valence-corrected chi connectivity index (χ2v) is 4.96. The molecule has 128 valence electrons. The van der Waals surface area contributed by atoms with Gasteiger partial charge in [-0.2, -0.15) is 0 Å². The highest BCUT2D eigenvalue weighted by Crippen LogP contribution is 2.31. The molecule has 1 aliphatic rings. The van der Waals surface area contributed by atoms with Gasteiger partial charge in [-0.3, -0.25) is 14.8 Å². The molecule has 0 fully saturated rings. The van der Waals surface area contributed by atoms with Crippen LogP contribution in [0.3, 0.4) is 0 Å². The predicted octanol–water partition coefficient (Wildman–Crippen LogP) is 2.37. The summed E-state index contributed by atoms with van der Waals surface area (Å²) >= 11 is 0. The van der Waals surface area contributed by atoms with Crippen LogP contribution in [0.15, 0.2) is 41.3 Å². The molecule has 0 saturated heterocycles. The van der Waals surface area contributed by atoms with Crippen LogP contribution in [0.5, 0.6) is 11.5 Å². The predicted molar refractivity (Wildman–Crippen MR) is 85.7 cm³/mol. The number of pyridine rings is 2. The summed E-state index contributed by atoms with van der Waals surface area (Å²) in [5.41, 5.74) is 1.01. The molecule has 8 nitrogen and oxygen atoms in total. The van der Waals surface area contributed by atoms with E-state index in [2.05, 4.69) is 9.97 Å². The van der Waals surface area contributed by atoms with Crippen molar-refractivity contribution in [2.24, 2.45) is 0 Å². The minimum absolute atomic E-state index is 0.0393. The number of furan rings is 1. The van der Waals surface area contributed by atoms with Gasteiger partial charge in [0.15, 0.2) is 17.9 Å². The van der Waals surface area contributed by atoms with Gasteiger partial charge in [0.1, 0.15) is 5.75 Å². The Morgan fingerprint density at radius 1 is 1.28 bits per heavy atom. The zero-order chi connectivity index (χ0) is 17.8. The summed E-state index contributed by atoms with van der Waals surface area (Å²) in [5, 5.41) is 10.1. The number of fused-ring (bicyclic) bond motifs is 2. The molecule has 8 heteroatoms. The zero-order valence-electron chi connectivity index (χ0n) is 13.3. The lowest BCUT2D eigenvalue weighted by molar-refractivity contribution is 0.0488. The quantitative estimate of drug-likeness (QED) is 0.706. The fourth-order valence-electron chi connectivity index (χ4n) is 2.22. The Labute approximate surface area is 142 Å². The average Bonchev–Trinajstić information content (AvgIpc) is 3.17. The van der Waals surface area contributed by atoms with E-state index in [1.54, 1.807) is 31.5 Å². The van der Waals surface area contributed by atoms with Crippen LogP contribution in [0.1, 0.15) is 27.8 Å². The third kappa shape index (κ3) is 3.27. The number of carbonyl (C=O) groups is 2. The Hall–Kier alpha value is -3.42. The molecule has 4 heterocycles. The molecule has 4 rings (SSSR count). The lowest BCUT2D eigenvalue weighted by Crippen LogP contribution is -2.02. The van der Waals surface area contributed by atoms with Gasteiger partial charge in [0.25, 0.3) is 5.76 Å². The number of Topliss-reactive ketones (excluding diaryl/α,β-unsaturated/α-hetero) is 1. The number of ether oxygens (including phenoxy) is 2. The number of esters is 1. The van der Waals surface area contributed by atoms with Gasteiger partial charge in [0.05, 0.1) is 30.0 Å². The first-order chi connectivity index (χ1) is 12.1. The summed E-state index contributed by atoms with van der Waals surface area (Å²) in [6.45, 7) is 2.08. The van der Waals surface area contributed by atoms with Crippen LogP contribution in [0.25, 0.3) is 11.0 Å². The van der Waals surface area contributed by atoms with Crippen molar-refractivity contribution < 1.29 is 28.6 Å². The monoisotopic (exact) mass is 342 g/mol. The van der Waals surface area contributed by atoms with E-state index in [1.807, 2.05) is 0 Å². The van der Waals surface area contributed by atoms with Crippen LogP contribution in [0, 0.1) is 0 Å². The highest BCUT2D eigenvalue weighted by Gasteiger charge is 2.21. The molecule has 0 spiro atoms. The van der Waals surface area contributed by atoms with Gasteiger partial charge in [-0.25, -0.2) is 4.79 Å². The third-order valence-electron chi connectivity index (χ3n) is 3.37. The summed E-state index contributed by atoms with van der Waals surface area (Å²) in [6.07, 6.45) is 6.08. The molecular weight excluding hydrogens is 328 g/mol. The van der Waals surface area contributed by atoms with E-state index < -0.39 is 5.97 Å². The van der Waals surface area contributed by atoms with Crippen LogP contribution >= 0.6 is 0 Å². The number of rotatable bonds is 2. The molecule has 1 N–H and O–H groups in total. The highest BCUT2D eigenvalue weighted by atomic mass is 16.5. The fourth-order valence-corrected chi connectivity index (χ4v) is 2.22. The zero-order valence-corrected chi connectivity index (χ0v) is 13.3. The Kier molecular flexibility index (Phi) is 4.60. The standard InChI is InChI=1S/C10H9NO4.C7H5NO2/c1-2-14-10(13)9-8(12)6-3-4-11-5-7(6)15-9;9-6-4-10-7-3-8-2-1-5(6)7/h3-5,12H,2H2,1H3;1-3H,4H2. The highest BCUT2D eigenvalue weighted by molar-refractivity contribution is 6.02. The molecule has 0 aliphatic carbocycles. The second kappa shape index (κ2) is 7.00. The number of aromatic nitrogens is 2. The Bertz CT molecular complexity index is 934. The normalized spacial score (nSPS) is 12.1. The van der Waals surface area contributed by atoms with Crippen LogP contribution in [-0.4, -0.2) is 40.0 Å². The summed E-state index contributed by atoms with van der Waals surface area (Å²) in [5.74, 6) is -0.415. The number of ketones is 1. The minimum Gasteiger partial charge on any atom is -0.504 e. The van der Waals surface area contributed by atoms with Gasteiger partial charge in [-0.15, -0.1) is 0 Å². The van der Waals surface area contributed by atoms with E-state index in [0.29, 0.717) is 22.3 Å². The largest absolute Gasteiger partial charge is 0.504 e. The maximum atomic E-state index is 11.3. The molecule has 25 heavy (non-hydrogen) atoms. The van der Waals surface area contributed by atoms with Crippen molar-refractivity contribution in [1.82, 2.24) is 9.97 Å². The number of nitrogens with zero attached hydrogens (tertiary/aromatic N) is 2. The van der Waals surface area contributed by atoms with Gasteiger partial charge < -0.3 is 19.0 Å². The summed E-state index contributed by atoms with van der Waals surface area (Å²) in [7, 11) is 0. The lowest BCUT2D eigenvalue weighted by Gasteiger charge is -1.97. The first-order valence-corrected chi connectivity index (χ1v) is 7.44. The Balaban J connectivity index is 0.000000157. The van der Waals surface area contributed by atoms with Crippen molar-refractivity contribution in [3.63, 3.8) is 0 Å². The maximum absolute atomic E-state index is 11.3. The van der Waals surface area contributed by atoms with E-state index in [1.165, 1.54) is 12.4 Å². The average molecular weight is 342 g/mol.